The molecule has 3 atom stereocenters. The second-order valence-electron chi connectivity index (χ2n) is 12.8. The van der Waals surface area contributed by atoms with E-state index in [1.807, 2.05) is 36.5 Å². The number of phosphoric acid groups is 1. The van der Waals surface area contributed by atoms with E-state index in [2.05, 4.69) is 54.8 Å². The number of carbonyl (C=O) groups is 3. The van der Waals surface area contributed by atoms with Crippen LogP contribution in [0.15, 0.2) is 72.9 Å². The summed E-state index contributed by atoms with van der Waals surface area (Å²) in [5.41, 5.74) is 5.31. The molecule has 0 aromatic carbocycles. The van der Waals surface area contributed by atoms with Crippen LogP contribution in [0.2, 0.25) is 0 Å². The molecule has 302 valence electrons. The van der Waals surface area contributed by atoms with Crippen LogP contribution in [0, 0.1) is 0 Å². The fourth-order valence-electron chi connectivity index (χ4n) is 4.71. The highest BCUT2D eigenvalue weighted by molar-refractivity contribution is 7.47. The van der Waals surface area contributed by atoms with E-state index in [1.54, 1.807) is 0 Å². The summed E-state index contributed by atoms with van der Waals surface area (Å²) in [6.45, 7) is 2.55. The number of carboxylic acid groups (broad SMARTS) is 1. The van der Waals surface area contributed by atoms with Crippen molar-refractivity contribution in [2.45, 2.75) is 148 Å². The molecule has 0 spiro atoms. The number of hydrogen-bond acceptors (Lipinski definition) is 9. The summed E-state index contributed by atoms with van der Waals surface area (Å²) in [6.07, 6.45) is 41.2. The Kier molecular flexibility index (Phi) is 33.8. The zero-order valence-corrected chi connectivity index (χ0v) is 33.2. The number of aliphatic carboxylic acids is 1. The number of nitrogens with two attached hydrogens (primary N) is 1. The lowest BCUT2D eigenvalue weighted by atomic mass is 10.1. The van der Waals surface area contributed by atoms with E-state index in [-0.39, 0.29) is 19.4 Å². The Hall–Kier alpha value is -3.08. The minimum atomic E-state index is -4.73. The van der Waals surface area contributed by atoms with Crippen LogP contribution in [-0.4, -0.2) is 59.9 Å². The van der Waals surface area contributed by atoms with Crippen molar-refractivity contribution in [1.29, 1.82) is 0 Å². The predicted octanol–water partition coefficient (Wildman–Crippen LogP) is 9.78. The number of allylic oxidation sites excluding steroid dienone is 12. The topological polar surface area (TPSA) is 172 Å². The number of hydrogen-bond donors (Lipinski definition) is 3. The first-order valence-corrected chi connectivity index (χ1v) is 21.0. The molecule has 0 radical (unpaired) electrons. The molecule has 4 N–H and O–H groups in total. The summed E-state index contributed by atoms with van der Waals surface area (Å²) in [7, 11) is -4.73. The summed E-state index contributed by atoms with van der Waals surface area (Å²) in [4.78, 5) is 45.8. The molecular formula is C41H68NO10P. The Labute approximate surface area is 319 Å². The third-order valence-corrected chi connectivity index (χ3v) is 8.76. The van der Waals surface area contributed by atoms with Gasteiger partial charge < -0.3 is 25.2 Å². The Balaban J connectivity index is 4.55. The lowest BCUT2D eigenvalue weighted by molar-refractivity contribution is -0.161. The second-order valence-corrected chi connectivity index (χ2v) is 14.3. The molecule has 0 rings (SSSR count). The monoisotopic (exact) mass is 765 g/mol. The molecule has 53 heavy (non-hydrogen) atoms. The van der Waals surface area contributed by atoms with Crippen molar-refractivity contribution in [2.24, 2.45) is 5.73 Å². The lowest BCUT2D eigenvalue weighted by Gasteiger charge is -2.20. The maximum absolute atomic E-state index is 12.5. The standard InChI is InChI=1S/C41H68NO10P/c1-3-5-7-9-11-13-15-17-18-19-21-22-24-26-28-30-32-39(43)49-34-37(35-50-53(47,48)51-36-38(42)41(45)46)52-40(44)33-31-29-27-25-23-20-16-14-12-10-8-6-4-2/h6,8,10,12,14,16,18-23,37-38H,3-5,7,9,11,13,15,17,24-36,42H2,1-2H3,(H,45,46)(H,47,48)/b8-6+,12-10+,16-14+,19-18+,22-21+,23-20+/t37?,38-/m0/s1. The zero-order valence-electron chi connectivity index (χ0n) is 32.3. The van der Waals surface area contributed by atoms with Gasteiger partial charge in [0.25, 0.3) is 0 Å². The minimum Gasteiger partial charge on any atom is -0.480 e. The predicted molar refractivity (Wildman–Crippen MR) is 212 cm³/mol. The molecule has 0 bridgehead atoms. The van der Waals surface area contributed by atoms with Crippen LogP contribution >= 0.6 is 7.82 Å². The maximum Gasteiger partial charge on any atom is 0.472 e. The van der Waals surface area contributed by atoms with Gasteiger partial charge in [0.15, 0.2) is 6.10 Å². The van der Waals surface area contributed by atoms with Gasteiger partial charge in [0.2, 0.25) is 0 Å². The highest BCUT2D eigenvalue weighted by atomic mass is 31.2. The van der Waals surface area contributed by atoms with Crippen molar-refractivity contribution in [3.05, 3.63) is 72.9 Å². The molecule has 0 aromatic rings. The van der Waals surface area contributed by atoms with Gasteiger partial charge in [-0.05, 0) is 57.8 Å². The fourth-order valence-corrected chi connectivity index (χ4v) is 5.49. The normalized spacial score (nSPS) is 14.6. The van der Waals surface area contributed by atoms with Crippen molar-refractivity contribution in [2.75, 3.05) is 19.8 Å². The molecule has 0 amide bonds. The molecule has 12 heteroatoms. The van der Waals surface area contributed by atoms with Gasteiger partial charge in [-0.2, -0.15) is 0 Å². The first kappa shape index (κ1) is 49.9. The number of carboxylic acids is 1. The summed E-state index contributed by atoms with van der Waals surface area (Å²) >= 11 is 0. The van der Waals surface area contributed by atoms with Gasteiger partial charge in [-0.15, -0.1) is 0 Å². The van der Waals surface area contributed by atoms with Gasteiger partial charge in [-0.25, -0.2) is 4.57 Å². The van der Waals surface area contributed by atoms with Crippen molar-refractivity contribution < 1.29 is 47.5 Å². The van der Waals surface area contributed by atoms with E-state index < -0.39 is 51.1 Å². The molecule has 11 nitrogen and oxygen atoms in total. The van der Waals surface area contributed by atoms with Gasteiger partial charge >= 0.3 is 25.7 Å². The van der Waals surface area contributed by atoms with E-state index in [9.17, 15) is 23.8 Å². The van der Waals surface area contributed by atoms with Crippen LogP contribution in [0.4, 0.5) is 0 Å². The van der Waals surface area contributed by atoms with Gasteiger partial charge in [-0.1, -0.05) is 138 Å². The Morgan fingerprint density at radius 1 is 0.604 bits per heavy atom. The Morgan fingerprint density at radius 2 is 1.06 bits per heavy atom. The summed E-state index contributed by atoms with van der Waals surface area (Å²) in [6, 6.07) is -1.53. The van der Waals surface area contributed by atoms with Crippen LogP contribution in [-0.2, 0) is 37.5 Å². The molecule has 0 heterocycles. The third-order valence-electron chi connectivity index (χ3n) is 7.81. The minimum absolute atomic E-state index is 0.105. The first-order chi connectivity index (χ1) is 25.6. The van der Waals surface area contributed by atoms with Gasteiger partial charge in [0.1, 0.15) is 12.6 Å². The molecule has 0 saturated heterocycles. The fraction of sp³-hybridized carbons (Fsp3) is 0.634. The second kappa shape index (κ2) is 35.9. The number of ether oxygens (including phenoxy) is 2. The van der Waals surface area contributed by atoms with Gasteiger partial charge in [0, 0.05) is 12.8 Å². The Morgan fingerprint density at radius 3 is 1.60 bits per heavy atom. The number of phosphoric ester groups is 1. The van der Waals surface area contributed by atoms with Crippen molar-refractivity contribution >= 4 is 25.7 Å². The highest BCUT2D eigenvalue weighted by Crippen LogP contribution is 2.43. The largest absolute Gasteiger partial charge is 0.480 e. The summed E-state index contributed by atoms with van der Waals surface area (Å²) < 4.78 is 32.5. The third kappa shape index (κ3) is 35.7. The molecule has 0 fully saturated rings. The molecule has 0 aliphatic rings. The van der Waals surface area contributed by atoms with E-state index >= 15 is 0 Å². The highest BCUT2D eigenvalue weighted by Gasteiger charge is 2.28. The lowest BCUT2D eigenvalue weighted by Crippen LogP contribution is -2.34. The van der Waals surface area contributed by atoms with Gasteiger partial charge in [0.05, 0.1) is 13.2 Å². The molecule has 0 aliphatic heterocycles. The quantitative estimate of drug-likeness (QED) is 0.0243. The van der Waals surface area contributed by atoms with E-state index in [4.69, 9.17) is 24.8 Å². The van der Waals surface area contributed by atoms with Crippen molar-refractivity contribution in [3.63, 3.8) is 0 Å². The average Bonchev–Trinajstić information content (AvgIpc) is 3.13. The molecule has 2 unspecified atom stereocenters. The molecule has 0 aromatic heterocycles. The van der Waals surface area contributed by atoms with Crippen LogP contribution in [0.5, 0.6) is 0 Å². The van der Waals surface area contributed by atoms with E-state index in [0.29, 0.717) is 12.8 Å². The number of unbranched alkanes of at least 4 members (excludes halogenated alkanes) is 13. The average molecular weight is 766 g/mol. The Bertz CT molecular complexity index is 1180. The first-order valence-electron chi connectivity index (χ1n) is 19.5. The molecule has 0 saturated carbocycles. The van der Waals surface area contributed by atoms with Gasteiger partial charge in [-0.3, -0.25) is 23.4 Å². The SMILES string of the molecule is CC/C=C/C=C/C=C/C=C/CCCCCC(=O)OC(COC(=O)CCCCC/C=C/C=C/CCCCCCCCC)COP(=O)(O)OC[C@H](N)C(=O)O. The van der Waals surface area contributed by atoms with Crippen LogP contribution in [0.25, 0.3) is 0 Å². The summed E-state index contributed by atoms with van der Waals surface area (Å²) in [5, 5.41) is 8.86. The molecular weight excluding hydrogens is 697 g/mol. The maximum atomic E-state index is 12.5. The van der Waals surface area contributed by atoms with E-state index in [1.165, 1.54) is 44.9 Å². The van der Waals surface area contributed by atoms with Crippen molar-refractivity contribution in [3.8, 4) is 0 Å². The zero-order chi connectivity index (χ0) is 39.3. The number of carbonyl (C=O) groups excluding carboxylic acids is 2. The summed E-state index contributed by atoms with van der Waals surface area (Å²) in [5.74, 6) is -2.48. The van der Waals surface area contributed by atoms with Crippen LogP contribution in [0.3, 0.4) is 0 Å². The smallest absolute Gasteiger partial charge is 0.472 e. The van der Waals surface area contributed by atoms with Crippen LogP contribution < -0.4 is 5.73 Å². The van der Waals surface area contributed by atoms with Crippen LogP contribution in [0.1, 0.15) is 136 Å². The van der Waals surface area contributed by atoms with Crippen molar-refractivity contribution in [1.82, 2.24) is 0 Å². The number of esters is 2. The molecule has 0 aliphatic carbocycles. The number of rotatable bonds is 35. The van der Waals surface area contributed by atoms with E-state index in [0.717, 1.165) is 51.4 Å².